The van der Waals surface area contributed by atoms with E-state index >= 15 is 0 Å². The van der Waals surface area contributed by atoms with Gasteiger partial charge in [0.15, 0.2) is 5.78 Å². The van der Waals surface area contributed by atoms with Gasteiger partial charge in [-0.05, 0) is 32.1 Å². The SMILES string of the molecule is CCC(N(C)C)N(CC(=O)c1cn(C)c2ccccc12)Cc1ccccc1. The normalized spacial score (nSPS) is 12.8. The Hall–Kier alpha value is -2.43. The second-order valence-corrected chi connectivity index (χ2v) is 7.34. The van der Waals surface area contributed by atoms with Crippen molar-refractivity contribution in [1.82, 2.24) is 14.4 Å². The van der Waals surface area contributed by atoms with Gasteiger partial charge in [0.05, 0.1) is 12.7 Å². The molecule has 0 spiro atoms. The van der Waals surface area contributed by atoms with Gasteiger partial charge < -0.3 is 4.57 Å². The maximum absolute atomic E-state index is 13.2. The molecule has 1 unspecified atom stereocenters. The Morgan fingerprint density at radius 1 is 1.04 bits per heavy atom. The maximum atomic E-state index is 13.2. The summed E-state index contributed by atoms with van der Waals surface area (Å²) >= 11 is 0. The minimum atomic E-state index is 0.169. The van der Waals surface area contributed by atoms with Crippen LogP contribution in [0, 0.1) is 0 Å². The highest BCUT2D eigenvalue weighted by Gasteiger charge is 2.24. The smallest absolute Gasteiger partial charge is 0.179 e. The third-order valence-electron chi connectivity index (χ3n) is 5.16. The van der Waals surface area contributed by atoms with Gasteiger partial charge in [-0.15, -0.1) is 0 Å². The number of fused-ring (bicyclic) bond motifs is 1. The summed E-state index contributed by atoms with van der Waals surface area (Å²) in [5.74, 6) is 0.169. The molecule has 0 saturated carbocycles. The highest BCUT2D eigenvalue weighted by Crippen LogP contribution is 2.22. The summed E-state index contributed by atoms with van der Waals surface area (Å²) < 4.78 is 2.04. The average Bonchev–Trinajstić information content (AvgIpc) is 3.00. The van der Waals surface area contributed by atoms with Gasteiger partial charge >= 0.3 is 0 Å². The van der Waals surface area contributed by atoms with Crippen molar-refractivity contribution in [2.24, 2.45) is 7.05 Å². The molecular formula is C23H29N3O. The van der Waals surface area contributed by atoms with E-state index in [9.17, 15) is 4.79 Å². The highest BCUT2D eigenvalue weighted by molar-refractivity contribution is 6.09. The van der Waals surface area contributed by atoms with Crippen molar-refractivity contribution in [2.75, 3.05) is 20.6 Å². The summed E-state index contributed by atoms with van der Waals surface area (Å²) in [4.78, 5) is 17.7. The van der Waals surface area contributed by atoms with Crippen molar-refractivity contribution < 1.29 is 4.79 Å². The lowest BCUT2D eigenvalue weighted by Gasteiger charge is -2.35. The van der Waals surface area contributed by atoms with Gasteiger partial charge in [0.2, 0.25) is 0 Å². The van der Waals surface area contributed by atoms with Gasteiger partial charge in [0.25, 0.3) is 0 Å². The van der Waals surface area contributed by atoms with E-state index < -0.39 is 0 Å². The second kappa shape index (κ2) is 8.51. The summed E-state index contributed by atoms with van der Waals surface area (Å²) in [5.41, 5.74) is 3.12. The van der Waals surface area contributed by atoms with E-state index in [1.807, 2.05) is 42.1 Å². The Kier molecular flexibility index (Phi) is 6.09. The third kappa shape index (κ3) is 4.29. The van der Waals surface area contributed by atoms with Gasteiger partial charge in [-0.1, -0.05) is 55.5 Å². The van der Waals surface area contributed by atoms with Crippen LogP contribution in [0.1, 0.15) is 29.3 Å². The molecule has 0 radical (unpaired) electrons. The molecule has 0 saturated heterocycles. The summed E-state index contributed by atoms with van der Waals surface area (Å²) in [5, 5.41) is 1.03. The Morgan fingerprint density at radius 2 is 1.70 bits per heavy atom. The van der Waals surface area contributed by atoms with Crippen LogP contribution in [0.15, 0.2) is 60.8 Å². The second-order valence-electron chi connectivity index (χ2n) is 7.34. The van der Waals surface area contributed by atoms with Gasteiger partial charge in [0, 0.05) is 36.3 Å². The molecule has 0 N–H and O–H groups in total. The van der Waals surface area contributed by atoms with Crippen molar-refractivity contribution in [2.45, 2.75) is 26.1 Å². The predicted molar refractivity (Wildman–Crippen MR) is 112 cm³/mol. The van der Waals surface area contributed by atoms with Crippen LogP contribution in [0.5, 0.6) is 0 Å². The topological polar surface area (TPSA) is 28.5 Å². The molecule has 0 amide bonds. The zero-order chi connectivity index (χ0) is 19.4. The number of ketones is 1. The first kappa shape index (κ1) is 19.3. The molecule has 2 aromatic carbocycles. The fraction of sp³-hybridized carbons (Fsp3) is 0.348. The number of Topliss-reactive ketones (excluding diaryl/α,β-unsaturated/α-hetero) is 1. The number of carbonyl (C=O) groups is 1. The summed E-state index contributed by atoms with van der Waals surface area (Å²) in [6.45, 7) is 3.33. The van der Waals surface area contributed by atoms with Crippen molar-refractivity contribution in [3.63, 3.8) is 0 Å². The van der Waals surface area contributed by atoms with Gasteiger partial charge in [-0.25, -0.2) is 0 Å². The van der Waals surface area contributed by atoms with Crippen molar-refractivity contribution >= 4 is 16.7 Å². The summed E-state index contributed by atoms with van der Waals surface area (Å²) in [6, 6.07) is 18.5. The van der Waals surface area contributed by atoms with Crippen LogP contribution >= 0.6 is 0 Å². The first-order chi connectivity index (χ1) is 13.0. The standard InChI is InChI=1S/C23H29N3O/c1-5-23(24(2)3)26(15-18-11-7-6-8-12-18)17-22(27)20-16-25(4)21-14-10-9-13-19(20)21/h6-14,16,23H,5,15,17H2,1-4H3. The van der Waals surface area contributed by atoms with E-state index in [0.717, 1.165) is 29.4 Å². The van der Waals surface area contributed by atoms with Crippen molar-refractivity contribution in [3.8, 4) is 0 Å². The number of hydrogen-bond acceptors (Lipinski definition) is 3. The molecular weight excluding hydrogens is 334 g/mol. The number of aromatic nitrogens is 1. The molecule has 0 bridgehead atoms. The van der Waals surface area contributed by atoms with Crippen LogP contribution in [-0.4, -0.2) is 47.0 Å². The van der Waals surface area contributed by atoms with Crippen LogP contribution in [0.25, 0.3) is 10.9 Å². The molecule has 0 fully saturated rings. The van der Waals surface area contributed by atoms with Crippen LogP contribution in [0.4, 0.5) is 0 Å². The Bertz CT molecular complexity index is 898. The lowest BCUT2D eigenvalue weighted by Crippen LogP contribution is -2.46. The number of rotatable bonds is 8. The van der Waals surface area contributed by atoms with Crippen molar-refractivity contribution in [3.05, 3.63) is 71.9 Å². The van der Waals surface area contributed by atoms with Crippen molar-refractivity contribution in [1.29, 1.82) is 0 Å². The molecule has 0 aliphatic rings. The van der Waals surface area contributed by atoms with E-state index in [1.54, 1.807) is 0 Å². The van der Waals surface area contributed by atoms with Gasteiger partial charge in [0.1, 0.15) is 0 Å². The molecule has 1 heterocycles. The van der Waals surface area contributed by atoms with E-state index in [4.69, 9.17) is 0 Å². The number of hydrogen-bond donors (Lipinski definition) is 0. The predicted octanol–water partition coefficient (Wildman–Crippen LogP) is 4.16. The molecule has 3 rings (SSSR count). The van der Waals surface area contributed by atoms with Crippen LogP contribution in [0.2, 0.25) is 0 Å². The lowest BCUT2D eigenvalue weighted by molar-refractivity contribution is 0.0585. The van der Waals surface area contributed by atoms with Crippen LogP contribution in [0.3, 0.4) is 0 Å². The Labute approximate surface area is 162 Å². The first-order valence-corrected chi connectivity index (χ1v) is 9.53. The number of carbonyl (C=O) groups excluding carboxylic acids is 1. The zero-order valence-electron chi connectivity index (χ0n) is 16.7. The molecule has 1 atom stereocenters. The first-order valence-electron chi connectivity index (χ1n) is 9.53. The van der Waals surface area contributed by atoms with Gasteiger partial charge in [-0.3, -0.25) is 14.6 Å². The zero-order valence-corrected chi connectivity index (χ0v) is 16.7. The average molecular weight is 364 g/mol. The molecule has 4 nitrogen and oxygen atoms in total. The maximum Gasteiger partial charge on any atom is 0.179 e. The third-order valence-corrected chi connectivity index (χ3v) is 5.16. The minimum absolute atomic E-state index is 0.169. The molecule has 27 heavy (non-hydrogen) atoms. The van der Waals surface area contributed by atoms with E-state index in [2.05, 4.69) is 61.2 Å². The molecule has 4 heteroatoms. The Morgan fingerprint density at radius 3 is 2.37 bits per heavy atom. The number of benzene rings is 2. The largest absolute Gasteiger partial charge is 0.350 e. The molecule has 142 valence electrons. The quantitative estimate of drug-likeness (QED) is 0.444. The fourth-order valence-corrected chi connectivity index (χ4v) is 3.87. The fourth-order valence-electron chi connectivity index (χ4n) is 3.87. The van der Waals surface area contributed by atoms with E-state index in [-0.39, 0.29) is 11.9 Å². The number of nitrogens with zero attached hydrogens (tertiary/aromatic N) is 3. The monoisotopic (exact) mass is 363 g/mol. The number of para-hydroxylation sites is 1. The number of aryl methyl sites for hydroxylation is 1. The highest BCUT2D eigenvalue weighted by atomic mass is 16.1. The lowest BCUT2D eigenvalue weighted by atomic mass is 10.1. The Balaban J connectivity index is 1.89. The van der Waals surface area contributed by atoms with E-state index in [0.29, 0.717) is 6.54 Å². The summed E-state index contributed by atoms with van der Waals surface area (Å²) in [7, 11) is 6.15. The molecule has 0 aliphatic heterocycles. The molecule has 0 aliphatic carbocycles. The van der Waals surface area contributed by atoms with E-state index in [1.165, 1.54) is 5.56 Å². The summed E-state index contributed by atoms with van der Waals surface area (Å²) in [6.07, 6.45) is 3.14. The van der Waals surface area contributed by atoms with Gasteiger partial charge in [-0.2, -0.15) is 0 Å². The van der Waals surface area contributed by atoms with Crippen LogP contribution < -0.4 is 0 Å². The molecule has 1 aromatic heterocycles. The molecule has 3 aromatic rings. The minimum Gasteiger partial charge on any atom is -0.350 e. The van der Waals surface area contributed by atoms with Crippen LogP contribution in [-0.2, 0) is 13.6 Å².